The van der Waals surface area contributed by atoms with Crippen molar-refractivity contribution in [2.45, 2.75) is 19.8 Å². The molecule has 1 aromatic carbocycles. The van der Waals surface area contributed by atoms with E-state index in [0.717, 1.165) is 12.8 Å². The van der Waals surface area contributed by atoms with Crippen molar-refractivity contribution in [3.63, 3.8) is 0 Å². The maximum Gasteiger partial charge on any atom is 0.353 e. The monoisotopic (exact) mass is 369 g/mol. The van der Waals surface area contributed by atoms with Gasteiger partial charge >= 0.3 is 5.69 Å². The number of rotatable bonds is 7. The Morgan fingerprint density at radius 2 is 2.08 bits per heavy atom. The highest BCUT2D eigenvalue weighted by atomic mass is 35.5. The van der Waals surface area contributed by atoms with Gasteiger partial charge in [-0.1, -0.05) is 36.5 Å². The first-order valence-electron chi connectivity index (χ1n) is 7.36. The maximum atomic E-state index is 11.6. The van der Waals surface area contributed by atoms with Gasteiger partial charge in [-0.25, -0.2) is 9.97 Å². The molecule has 0 aliphatic heterocycles. The van der Waals surface area contributed by atoms with Gasteiger partial charge in [0.25, 0.3) is 0 Å². The summed E-state index contributed by atoms with van der Waals surface area (Å²) in [6, 6.07) is 4.82. The fraction of sp³-hybridized carbons (Fsp3) is 0.333. The van der Waals surface area contributed by atoms with E-state index in [0.29, 0.717) is 22.3 Å². The van der Waals surface area contributed by atoms with E-state index in [-0.39, 0.29) is 17.3 Å². The minimum Gasteiger partial charge on any atom is -0.354 e. The SMILES string of the molecule is CCCCN(C)c1ncnc(Nc2cc(Cl)ccc2Cl)c1[N+](=O)[O-]. The molecule has 0 unspecified atom stereocenters. The molecule has 0 amide bonds. The van der Waals surface area contributed by atoms with Crippen molar-refractivity contribution in [2.75, 3.05) is 23.8 Å². The van der Waals surface area contributed by atoms with Gasteiger partial charge in [-0.15, -0.1) is 0 Å². The molecule has 0 fully saturated rings. The molecule has 0 saturated carbocycles. The lowest BCUT2D eigenvalue weighted by molar-refractivity contribution is -0.383. The zero-order valence-electron chi connectivity index (χ0n) is 13.3. The Bertz CT molecular complexity index is 742. The summed E-state index contributed by atoms with van der Waals surface area (Å²) >= 11 is 12.1. The summed E-state index contributed by atoms with van der Waals surface area (Å²) in [5.74, 6) is 0.321. The summed E-state index contributed by atoms with van der Waals surface area (Å²) < 4.78 is 0. The summed E-state index contributed by atoms with van der Waals surface area (Å²) in [4.78, 5) is 20.9. The van der Waals surface area contributed by atoms with Crippen molar-refractivity contribution >= 4 is 46.2 Å². The molecular formula is C15H17Cl2N5O2. The topological polar surface area (TPSA) is 84.2 Å². The number of anilines is 3. The number of hydrogen-bond acceptors (Lipinski definition) is 6. The van der Waals surface area contributed by atoms with Crippen LogP contribution in [0.4, 0.5) is 23.0 Å². The number of unbranched alkanes of at least 4 members (excludes halogenated alkanes) is 1. The van der Waals surface area contributed by atoms with Crippen LogP contribution < -0.4 is 10.2 Å². The minimum atomic E-state index is -0.501. The number of aromatic nitrogens is 2. The highest BCUT2D eigenvalue weighted by molar-refractivity contribution is 6.35. The third-order valence-corrected chi connectivity index (χ3v) is 3.94. The Labute approximate surface area is 149 Å². The van der Waals surface area contributed by atoms with Gasteiger partial charge in [0.2, 0.25) is 11.6 Å². The smallest absolute Gasteiger partial charge is 0.353 e. The summed E-state index contributed by atoms with van der Waals surface area (Å²) in [5, 5.41) is 15.3. The Kier molecular flexibility index (Phi) is 6.16. The van der Waals surface area contributed by atoms with E-state index in [4.69, 9.17) is 23.2 Å². The molecule has 0 spiro atoms. The van der Waals surface area contributed by atoms with Crippen LogP contribution in [0, 0.1) is 10.1 Å². The highest BCUT2D eigenvalue weighted by Crippen LogP contribution is 2.35. The predicted octanol–water partition coefficient (Wildman–Crippen LogP) is 4.67. The summed E-state index contributed by atoms with van der Waals surface area (Å²) in [7, 11) is 1.77. The van der Waals surface area contributed by atoms with Crippen LogP contribution in [0.5, 0.6) is 0 Å². The molecule has 2 aromatic rings. The quantitative estimate of drug-likeness (QED) is 0.563. The first kappa shape index (κ1) is 18.2. The van der Waals surface area contributed by atoms with Gasteiger partial charge in [0.15, 0.2) is 0 Å². The molecular weight excluding hydrogens is 353 g/mol. The zero-order chi connectivity index (χ0) is 17.7. The Morgan fingerprint density at radius 1 is 1.33 bits per heavy atom. The molecule has 0 aliphatic carbocycles. The van der Waals surface area contributed by atoms with Crippen LogP contribution in [0.15, 0.2) is 24.5 Å². The number of nitrogens with zero attached hydrogens (tertiary/aromatic N) is 4. The number of hydrogen-bond donors (Lipinski definition) is 1. The Morgan fingerprint density at radius 3 is 2.75 bits per heavy atom. The van der Waals surface area contributed by atoms with Gasteiger partial charge in [-0.2, -0.15) is 0 Å². The molecule has 1 aromatic heterocycles. The van der Waals surface area contributed by atoms with Crippen molar-refractivity contribution in [3.05, 3.63) is 44.7 Å². The van der Waals surface area contributed by atoms with E-state index in [9.17, 15) is 10.1 Å². The molecule has 0 bridgehead atoms. The van der Waals surface area contributed by atoms with Crippen LogP contribution in [0.3, 0.4) is 0 Å². The fourth-order valence-electron chi connectivity index (χ4n) is 2.13. The molecule has 128 valence electrons. The summed E-state index contributed by atoms with van der Waals surface area (Å²) in [6.45, 7) is 2.71. The molecule has 7 nitrogen and oxygen atoms in total. The van der Waals surface area contributed by atoms with Crippen LogP contribution >= 0.6 is 23.2 Å². The average molecular weight is 370 g/mol. The molecule has 0 atom stereocenters. The lowest BCUT2D eigenvalue weighted by Gasteiger charge is -2.18. The lowest BCUT2D eigenvalue weighted by Crippen LogP contribution is -2.21. The third kappa shape index (κ3) is 4.24. The van der Waals surface area contributed by atoms with Gasteiger partial charge in [-0.3, -0.25) is 10.1 Å². The molecule has 9 heteroatoms. The normalized spacial score (nSPS) is 10.5. The average Bonchev–Trinajstić information content (AvgIpc) is 2.55. The van der Waals surface area contributed by atoms with E-state index in [1.165, 1.54) is 6.33 Å². The van der Waals surface area contributed by atoms with Crippen molar-refractivity contribution in [1.29, 1.82) is 0 Å². The predicted molar refractivity (Wildman–Crippen MR) is 96.6 cm³/mol. The maximum absolute atomic E-state index is 11.6. The second kappa shape index (κ2) is 8.12. The molecule has 0 aliphatic rings. The molecule has 2 rings (SSSR count). The number of halogens is 2. The first-order chi connectivity index (χ1) is 11.4. The zero-order valence-corrected chi connectivity index (χ0v) is 14.8. The molecule has 1 heterocycles. The van der Waals surface area contributed by atoms with E-state index >= 15 is 0 Å². The van der Waals surface area contributed by atoms with Crippen LogP contribution in [-0.2, 0) is 0 Å². The van der Waals surface area contributed by atoms with Gasteiger partial charge in [0.05, 0.1) is 15.6 Å². The standard InChI is InChI=1S/C15H17Cl2N5O2/c1-3-4-7-21(2)15-13(22(23)24)14(18-9-19-15)20-12-8-10(16)5-6-11(12)17/h5-6,8-9H,3-4,7H2,1-2H3,(H,18,19,20). The molecule has 0 radical (unpaired) electrons. The Balaban J connectivity index is 2.43. The number of benzene rings is 1. The minimum absolute atomic E-state index is 0.0671. The third-order valence-electron chi connectivity index (χ3n) is 3.38. The van der Waals surface area contributed by atoms with Crippen molar-refractivity contribution in [2.24, 2.45) is 0 Å². The lowest BCUT2D eigenvalue weighted by atomic mass is 10.3. The van der Waals surface area contributed by atoms with E-state index < -0.39 is 4.92 Å². The van der Waals surface area contributed by atoms with Crippen LogP contribution in [-0.4, -0.2) is 28.5 Å². The second-order valence-electron chi connectivity index (χ2n) is 5.18. The summed E-state index contributed by atoms with van der Waals surface area (Å²) in [6.07, 6.45) is 3.17. The first-order valence-corrected chi connectivity index (χ1v) is 8.12. The van der Waals surface area contributed by atoms with Gasteiger partial charge in [-0.05, 0) is 24.6 Å². The number of nitro groups is 1. The van der Waals surface area contributed by atoms with E-state index in [2.05, 4.69) is 22.2 Å². The van der Waals surface area contributed by atoms with Crippen molar-refractivity contribution in [1.82, 2.24) is 9.97 Å². The van der Waals surface area contributed by atoms with Gasteiger partial charge < -0.3 is 10.2 Å². The molecule has 1 N–H and O–H groups in total. The second-order valence-corrected chi connectivity index (χ2v) is 6.02. The van der Waals surface area contributed by atoms with Gasteiger partial charge in [0, 0.05) is 18.6 Å². The highest BCUT2D eigenvalue weighted by Gasteiger charge is 2.25. The van der Waals surface area contributed by atoms with Crippen LogP contribution in [0.1, 0.15) is 19.8 Å². The summed E-state index contributed by atoms with van der Waals surface area (Å²) in [5.41, 5.74) is 0.236. The number of nitrogens with one attached hydrogen (secondary N) is 1. The van der Waals surface area contributed by atoms with E-state index in [1.807, 2.05) is 0 Å². The van der Waals surface area contributed by atoms with Crippen molar-refractivity contribution < 1.29 is 4.92 Å². The Hall–Kier alpha value is -2.12. The van der Waals surface area contributed by atoms with Crippen LogP contribution in [0.25, 0.3) is 0 Å². The van der Waals surface area contributed by atoms with Gasteiger partial charge in [0.1, 0.15) is 6.33 Å². The largest absolute Gasteiger partial charge is 0.354 e. The molecule has 0 saturated heterocycles. The van der Waals surface area contributed by atoms with Crippen molar-refractivity contribution in [3.8, 4) is 0 Å². The fourth-order valence-corrected chi connectivity index (χ4v) is 2.47. The molecule has 24 heavy (non-hydrogen) atoms. The van der Waals surface area contributed by atoms with Crippen LogP contribution in [0.2, 0.25) is 10.0 Å². The van der Waals surface area contributed by atoms with E-state index in [1.54, 1.807) is 30.1 Å².